The first kappa shape index (κ1) is 53.0. The molecule has 0 radical (unpaired) electrons. The molecule has 2 heterocycles. The molecule has 1 N–H and O–H groups in total. The third-order valence-corrected chi connectivity index (χ3v) is 12.0. The van der Waals surface area contributed by atoms with Crippen molar-refractivity contribution in [3.05, 3.63) is 106 Å². The average molecular weight is 866 g/mol. The predicted molar refractivity (Wildman–Crippen MR) is 225 cm³/mol. The summed E-state index contributed by atoms with van der Waals surface area (Å²) in [4.78, 5) is 13.6. The zero-order chi connectivity index (χ0) is 42.3. The molecule has 2 aliphatic heterocycles. The molecule has 0 fully saturated rings. The van der Waals surface area contributed by atoms with Gasteiger partial charge in [0, 0.05) is 53.4 Å². The summed E-state index contributed by atoms with van der Waals surface area (Å²) in [5, 5.41) is 9.14. The molecule has 0 aromatic heterocycles. The first-order chi connectivity index (χ1) is 26.6. The Labute approximate surface area is 398 Å². The smallest absolute Gasteiger partial charge is 0.748 e. The number of anilines is 1. The fourth-order valence-corrected chi connectivity index (χ4v) is 9.24. The Hall–Kier alpha value is -2.13. The van der Waals surface area contributed by atoms with Crippen molar-refractivity contribution in [2.75, 3.05) is 23.7 Å². The number of allylic oxidation sites excluding steroid dienone is 8. The maximum Gasteiger partial charge on any atom is 1.00 e. The first-order valence-electron chi connectivity index (χ1n) is 19.9. The van der Waals surface area contributed by atoms with Gasteiger partial charge in [0.25, 0.3) is 0 Å². The van der Waals surface area contributed by atoms with Gasteiger partial charge >= 0.3 is 75.7 Å². The van der Waals surface area contributed by atoms with Crippen molar-refractivity contribution in [1.29, 1.82) is 0 Å². The Morgan fingerprint density at radius 1 is 0.949 bits per heavy atom. The molecule has 0 amide bonds. The largest absolute Gasteiger partial charge is 1.00 e. The van der Waals surface area contributed by atoms with E-state index in [1.54, 1.807) is 0 Å². The summed E-state index contributed by atoms with van der Waals surface area (Å²) in [7, 11) is -7.35. The average Bonchev–Trinajstić information content (AvgIpc) is 3.44. The number of carbonyl (C=O) groups is 1. The van der Waals surface area contributed by atoms with Gasteiger partial charge in [0.15, 0.2) is 5.71 Å². The minimum atomic E-state index is -4.24. The second-order valence-corrected chi connectivity index (χ2v) is 19.3. The van der Waals surface area contributed by atoms with E-state index >= 15 is 0 Å². The van der Waals surface area contributed by atoms with E-state index in [9.17, 15) is 17.8 Å². The molecule has 1 aliphatic carbocycles. The number of carboxylic acid groups (broad SMARTS) is 1. The van der Waals surface area contributed by atoms with E-state index in [0.29, 0.717) is 25.8 Å². The summed E-state index contributed by atoms with van der Waals surface area (Å²) in [5.41, 5.74) is 12.1. The summed E-state index contributed by atoms with van der Waals surface area (Å²) >= 11 is 0. The number of benzene rings is 2. The molecule has 14 heteroatoms. The Morgan fingerprint density at radius 2 is 1.63 bits per heavy atom. The van der Waals surface area contributed by atoms with E-state index in [2.05, 4.69) is 126 Å². The van der Waals surface area contributed by atoms with Gasteiger partial charge < -0.3 is 14.6 Å². The number of aryl methyl sites for hydroxylation is 1. The van der Waals surface area contributed by atoms with Gasteiger partial charge in [0.2, 0.25) is 0 Å². The number of rotatable bonds is 14. The van der Waals surface area contributed by atoms with Crippen LogP contribution in [-0.2, 0) is 36.4 Å². The summed E-state index contributed by atoms with van der Waals surface area (Å²) in [5.74, 6) is -1.08. The van der Waals surface area contributed by atoms with E-state index in [1.165, 1.54) is 44.8 Å². The van der Waals surface area contributed by atoms with Crippen molar-refractivity contribution in [1.82, 2.24) is 0 Å². The van der Waals surface area contributed by atoms with Crippen molar-refractivity contribution in [2.45, 2.75) is 124 Å². The van der Waals surface area contributed by atoms with E-state index in [1.807, 2.05) is 6.07 Å². The molecular weight excluding hydrogens is 807 g/mol. The Kier molecular flexibility index (Phi) is 20.0. The summed E-state index contributed by atoms with van der Waals surface area (Å²) in [6, 6.07) is 16.1. The number of fused-ring (bicyclic) bond motifs is 2. The summed E-state index contributed by atoms with van der Waals surface area (Å²) < 4.78 is 61.5. The molecule has 0 saturated heterocycles. The van der Waals surface area contributed by atoms with Gasteiger partial charge in [-0.05, 0) is 85.3 Å². The molecule has 0 atom stereocenters. The van der Waals surface area contributed by atoms with Crippen molar-refractivity contribution in [3.8, 4) is 0 Å². The molecule has 59 heavy (non-hydrogen) atoms. The number of hydrogen-bond acceptors (Lipinski definition) is 8. The van der Waals surface area contributed by atoms with Crippen LogP contribution in [0.4, 0.5) is 11.4 Å². The standard InChI is InChI=1S/C45H60N2O5S.2Na.O3S/c1-32-22-25-38-36(31-32)45(7,8)40(47(38)28-13-9-10-21-41(48)49)27-24-34-18-16-17-33(42(34)43(2,3)4)23-26-39-44(5,6)35-19-11-12-20-37(35)46(39)29-14-15-30-53(50,51)52;;;1-4(2)3/h12,19-20,22-27,31H,9-10,13-18,21,28-30H2,1-8H3,(H,48,49)(H,50,51,52);;;/q;2*+1;/p-1. The zero-order valence-electron chi connectivity index (χ0n) is 36.8. The third-order valence-electron chi connectivity index (χ3n) is 11.3. The van der Waals surface area contributed by atoms with E-state index in [0.717, 1.165) is 50.0 Å². The molecular formula is C45H59N2Na2O8S2+. The number of carboxylic acids is 1. The van der Waals surface area contributed by atoms with E-state index < -0.39 is 26.7 Å². The van der Waals surface area contributed by atoms with Gasteiger partial charge in [0.05, 0.1) is 10.1 Å². The van der Waals surface area contributed by atoms with Crippen LogP contribution in [0.15, 0.2) is 83.1 Å². The fourth-order valence-electron chi connectivity index (χ4n) is 8.69. The second kappa shape index (κ2) is 22.3. The number of unbranched alkanes of at least 4 members (excludes halogenated alkanes) is 3. The van der Waals surface area contributed by atoms with E-state index in [4.69, 9.17) is 17.7 Å². The number of aliphatic carboxylic acids is 1. The molecule has 0 bridgehead atoms. The molecule has 3 aliphatic rings. The molecule has 10 nitrogen and oxygen atoms in total. The van der Waals surface area contributed by atoms with Crippen molar-refractivity contribution in [2.24, 2.45) is 5.41 Å². The van der Waals surface area contributed by atoms with Crippen molar-refractivity contribution >= 4 is 43.8 Å². The van der Waals surface area contributed by atoms with Gasteiger partial charge in [0.1, 0.15) is 12.2 Å². The topological polar surface area (TPSA) is 152 Å². The van der Waals surface area contributed by atoms with Gasteiger partial charge in [-0.25, -0.2) is 13.0 Å². The predicted octanol–water partition coefficient (Wildman–Crippen LogP) is 2.84. The fraction of sp³-hybridized carbons (Fsp3) is 0.511. The van der Waals surface area contributed by atoms with Gasteiger partial charge in [-0.15, -0.1) is 18.7 Å². The van der Waals surface area contributed by atoms with Crippen molar-refractivity contribution < 1.29 is 99.2 Å². The van der Waals surface area contributed by atoms with Crippen LogP contribution >= 0.6 is 0 Å². The van der Waals surface area contributed by atoms with Crippen LogP contribution in [-0.4, -0.2) is 65.8 Å². The number of nitrogens with zero attached hydrogens (tertiary/aromatic N) is 2. The van der Waals surface area contributed by atoms with E-state index in [-0.39, 0.29) is 87.5 Å². The van der Waals surface area contributed by atoms with Crippen LogP contribution in [0.25, 0.3) is 0 Å². The van der Waals surface area contributed by atoms with Crippen LogP contribution < -0.4 is 64.0 Å². The normalized spacial score (nSPS) is 18.3. The minimum absolute atomic E-state index is 0. The summed E-state index contributed by atoms with van der Waals surface area (Å²) in [6.45, 7) is 19.6. The Balaban J connectivity index is 0.00000191. The van der Waals surface area contributed by atoms with Gasteiger partial charge in [-0.3, -0.25) is 4.79 Å². The summed E-state index contributed by atoms with van der Waals surface area (Å²) in [6.07, 6.45) is 16.0. The molecule has 0 unspecified atom stereocenters. The molecule has 2 aromatic carbocycles. The monoisotopic (exact) mass is 865 g/mol. The number of hydrogen-bond donors (Lipinski definition) is 1. The molecule has 0 saturated carbocycles. The van der Waals surface area contributed by atoms with Crippen molar-refractivity contribution in [3.63, 3.8) is 0 Å². The Morgan fingerprint density at radius 3 is 2.25 bits per heavy atom. The van der Waals surface area contributed by atoms with Crippen LogP contribution in [0.2, 0.25) is 0 Å². The third kappa shape index (κ3) is 13.9. The Bertz CT molecular complexity index is 2230. The molecule has 2 aromatic rings. The maximum atomic E-state index is 11.3. The molecule has 5 rings (SSSR count). The molecule has 310 valence electrons. The van der Waals surface area contributed by atoms with Crippen LogP contribution in [0.5, 0.6) is 0 Å². The molecule has 0 spiro atoms. The van der Waals surface area contributed by atoms with Gasteiger partial charge in [-0.2, -0.15) is 18.2 Å². The maximum absolute atomic E-state index is 11.3. The SMILES string of the molecule is Cc1ccc2c(c1)C(C)(C)C(=CC=C1CCCC(C=CC3=[N+](CCCCS(=O)(=O)[O-])c4cc[c-]cc4C3(C)C)=C1C(C)(C)C)N2CCCCCC(=O)O.O=S(=O)=O.[Na+].[Na+]. The quantitative estimate of drug-likeness (QED) is 0.0995. The van der Waals surface area contributed by atoms with Crippen LogP contribution in [0.3, 0.4) is 0 Å². The van der Waals surface area contributed by atoms with Crippen LogP contribution in [0.1, 0.15) is 123 Å². The second-order valence-electron chi connectivity index (χ2n) is 17.4. The zero-order valence-corrected chi connectivity index (χ0v) is 42.4. The van der Waals surface area contributed by atoms with Crippen LogP contribution in [0, 0.1) is 18.4 Å². The van der Waals surface area contributed by atoms with Gasteiger partial charge in [-0.1, -0.05) is 90.3 Å². The first-order valence-corrected chi connectivity index (χ1v) is 22.4. The minimum Gasteiger partial charge on any atom is -0.748 e.